The van der Waals surface area contributed by atoms with E-state index in [0.717, 1.165) is 30.6 Å². The summed E-state index contributed by atoms with van der Waals surface area (Å²) < 4.78 is 5.11. The van der Waals surface area contributed by atoms with E-state index in [0.29, 0.717) is 16.7 Å². The third kappa shape index (κ3) is 2.73. The molecule has 0 bridgehead atoms. The van der Waals surface area contributed by atoms with Crippen LogP contribution in [0.25, 0.3) is 0 Å². The molecule has 0 saturated carbocycles. The SMILES string of the molecule is COc1cc(C)c(CC2CCNCC2)c(Cl)c1O. The van der Waals surface area contributed by atoms with Gasteiger partial charge in [0.1, 0.15) is 0 Å². The van der Waals surface area contributed by atoms with Crippen LogP contribution in [-0.2, 0) is 6.42 Å². The Balaban J connectivity index is 2.24. The molecule has 1 aromatic rings. The molecule has 0 spiro atoms. The first-order valence-electron chi connectivity index (χ1n) is 6.39. The van der Waals surface area contributed by atoms with Crippen LogP contribution in [0.2, 0.25) is 5.02 Å². The van der Waals surface area contributed by atoms with Crippen molar-refractivity contribution in [1.29, 1.82) is 0 Å². The average molecular weight is 270 g/mol. The molecule has 2 N–H and O–H groups in total. The second-order valence-corrected chi connectivity index (χ2v) is 5.31. The maximum atomic E-state index is 9.96. The van der Waals surface area contributed by atoms with Crippen molar-refractivity contribution < 1.29 is 9.84 Å². The summed E-state index contributed by atoms with van der Waals surface area (Å²) in [6.07, 6.45) is 3.27. The minimum absolute atomic E-state index is 0.0636. The summed E-state index contributed by atoms with van der Waals surface area (Å²) in [4.78, 5) is 0. The number of phenols is 1. The van der Waals surface area contributed by atoms with Crippen LogP contribution >= 0.6 is 11.6 Å². The summed E-state index contributed by atoms with van der Waals surface area (Å²) in [6, 6.07) is 1.86. The van der Waals surface area contributed by atoms with E-state index >= 15 is 0 Å². The zero-order valence-electron chi connectivity index (χ0n) is 10.9. The fraction of sp³-hybridized carbons (Fsp3) is 0.571. The first-order valence-corrected chi connectivity index (χ1v) is 6.77. The van der Waals surface area contributed by atoms with E-state index in [4.69, 9.17) is 16.3 Å². The summed E-state index contributed by atoms with van der Waals surface area (Å²) in [6.45, 7) is 4.16. The monoisotopic (exact) mass is 269 g/mol. The second kappa shape index (κ2) is 5.81. The van der Waals surface area contributed by atoms with Crippen molar-refractivity contribution in [3.05, 3.63) is 22.2 Å². The Morgan fingerprint density at radius 3 is 2.72 bits per heavy atom. The van der Waals surface area contributed by atoms with Crippen molar-refractivity contribution in [1.82, 2.24) is 5.32 Å². The van der Waals surface area contributed by atoms with Crippen LogP contribution in [0.1, 0.15) is 24.0 Å². The highest BCUT2D eigenvalue weighted by molar-refractivity contribution is 6.33. The Kier molecular flexibility index (Phi) is 4.36. The fourth-order valence-corrected chi connectivity index (χ4v) is 2.88. The van der Waals surface area contributed by atoms with Gasteiger partial charge in [-0.25, -0.2) is 0 Å². The zero-order valence-corrected chi connectivity index (χ0v) is 11.7. The van der Waals surface area contributed by atoms with E-state index in [2.05, 4.69) is 5.32 Å². The van der Waals surface area contributed by atoms with Gasteiger partial charge in [-0.15, -0.1) is 0 Å². The molecule has 100 valence electrons. The van der Waals surface area contributed by atoms with Gasteiger partial charge in [-0.1, -0.05) is 11.6 Å². The lowest BCUT2D eigenvalue weighted by atomic mass is 9.89. The number of hydrogen-bond acceptors (Lipinski definition) is 3. The molecule has 3 nitrogen and oxygen atoms in total. The minimum atomic E-state index is 0.0636. The van der Waals surface area contributed by atoms with E-state index in [-0.39, 0.29) is 5.75 Å². The van der Waals surface area contributed by atoms with Crippen LogP contribution in [0, 0.1) is 12.8 Å². The van der Waals surface area contributed by atoms with Crippen LogP contribution < -0.4 is 10.1 Å². The standard InChI is InChI=1S/C14H20ClNO2/c1-9-7-12(18-2)14(17)13(15)11(9)8-10-3-5-16-6-4-10/h7,10,16-17H,3-6,8H2,1-2H3. The number of piperidine rings is 1. The predicted octanol–water partition coefficient (Wildman–Crippen LogP) is 2.90. The van der Waals surface area contributed by atoms with Crippen LogP contribution in [0.4, 0.5) is 0 Å². The van der Waals surface area contributed by atoms with E-state index < -0.39 is 0 Å². The molecule has 1 heterocycles. The molecule has 4 heteroatoms. The Morgan fingerprint density at radius 1 is 1.44 bits per heavy atom. The third-order valence-electron chi connectivity index (χ3n) is 3.70. The molecule has 0 aliphatic carbocycles. The van der Waals surface area contributed by atoms with Gasteiger partial charge in [-0.2, -0.15) is 0 Å². The summed E-state index contributed by atoms with van der Waals surface area (Å²) in [5.41, 5.74) is 2.15. The molecule has 0 radical (unpaired) electrons. The van der Waals surface area contributed by atoms with Crippen molar-refractivity contribution in [2.75, 3.05) is 20.2 Å². The molecule has 0 amide bonds. The number of rotatable bonds is 3. The number of methoxy groups -OCH3 is 1. The highest BCUT2D eigenvalue weighted by Crippen LogP contribution is 2.39. The topological polar surface area (TPSA) is 41.5 Å². The van der Waals surface area contributed by atoms with Crippen molar-refractivity contribution in [3.8, 4) is 11.5 Å². The average Bonchev–Trinajstić information content (AvgIpc) is 2.40. The van der Waals surface area contributed by atoms with Gasteiger partial charge in [-0.05, 0) is 62.4 Å². The van der Waals surface area contributed by atoms with Crippen LogP contribution in [0.15, 0.2) is 6.07 Å². The molecule has 1 fully saturated rings. The molecule has 1 aliphatic heterocycles. The molecule has 1 aliphatic rings. The first-order chi connectivity index (χ1) is 8.63. The van der Waals surface area contributed by atoms with Crippen LogP contribution in [0.5, 0.6) is 11.5 Å². The van der Waals surface area contributed by atoms with Crippen molar-refractivity contribution in [3.63, 3.8) is 0 Å². The van der Waals surface area contributed by atoms with Gasteiger partial charge in [0, 0.05) is 0 Å². The fourth-order valence-electron chi connectivity index (χ4n) is 2.56. The lowest BCUT2D eigenvalue weighted by Crippen LogP contribution is -2.28. The molecule has 0 unspecified atom stereocenters. The van der Waals surface area contributed by atoms with E-state index in [1.807, 2.05) is 13.0 Å². The maximum Gasteiger partial charge on any atom is 0.177 e. The minimum Gasteiger partial charge on any atom is -0.503 e. The van der Waals surface area contributed by atoms with Crippen molar-refractivity contribution >= 4 is 11.6 Å². The Morgan fingerprint density at radius 2 is 2.11 bits per heavy atom. The molecule has 1 saturated heterocycles. The number of benzene rings is 1. The lowest BCUT2D eigenvalue weighted by Gasteiger charge is -2.24. The number of ether oxygens (including phenoxy) is 1. The summed E-state index contributed by atoms with van der Waals surface area (Å²) >= 11 is 6.26. The van der Waals surface area contributed by atoms with E-state index in [9.17, 15) is 5.11 Å². The molecule has 1 aromatic carbocycles. The van der Waals surface area contributed by atoms with Crippen LogP contribution in [-0.4, -0.2) is 25.3 Å². The van der Waals surface area contributed by atoms with Gasteiger partial charge >= 0.3 is 0 Å². The lowest BCUT2D eigenvalue weighted by molar-refractivity contribution is 0.364. The highest BCUT2D eigenvalue weighted by Gasteiger charge is 2.20. The number of aryl methyl sites for hydroxylation is 1. The van der Waals surface area contributed by atoms with Gasteiger partial charge in [0.25, 0.3) is 0 Å². The molecule has 0 aromatic heterocycles. The number of halogens is 1. The van der Waals surface area contributed by atoms with Gasteiger partial charge in [0.05, 0.1) is 12.1 Å². The van der Waals surface area contributed by atoms with Crippen LogP contribution in [0.3, 0.4) is 0 Å². The second-order valence-electron chi connectivity index (χ2n) is 4.93. The maximum absolute atomic E-state index is 9.96. The smallest absolute Gasteiger partial charge is 0.177 e. The molecular weight excluding hydrogens is 250 g/mol. The molecule has 18 heavy (non-hydrogen) atoms. The number of aromatic hydroxyl groups is 1. The van der Waals surface area contributed by atoms with E-state index in [1.54, 1.807) is 0 Å². The number of hydrogen-bond donors (Lipinski definition) is 2. The van der Waals surface area contributed by atoms with Gasteiger partial charge in [0.15, 0.2) is 11.5 Å². The molecular formula is C14H20ClNO2. The number of phenolic OH excluding ortho intramolecular Hbond substituents is 1. The normalized spacial score (nSPS) is 16.8. The Bertz CT molecular complexity index is 428. The third-order valence-corrected chi connectivity index (χ3v) is 4.11. The first kappa shape index (κ1) is 13.5. The molecule has 2 rings (SSSR count). The van der Waals surface area contributed by atoms with Gasteiger partial charge in [-0.3, -0.25) is 0 Å². The highest BCUT2D eigenvalue weighted by atomic mass is 35.5. The predicted molar refractivity (Wildman–Crippen MR) is 73.7 cm³/mol. The quantitative estimate of drug-likeness (QED) is 0.887. The van der Waals surface area contributed by atoms with E-state index in [1.165, 1.54) is 20.0 Å². The van der Waals surface area contributed by atoms with Gasteiger partial charge < -0.3 is 15.2 Å². The summed E-state index contributed by atoms with van der Waals surface area (Å²) in [7, 11) is 1.54. The largest absolute Gasteiger partial charge is 0.503 e. The summed E-state index contributed by atoms with van der Waals surface area (Å²) in [5.74, 6) is 1.16. The summed E-state index contributed by atoms with van der Waals surface area (Å²) in [5, 5.41) is 13.8. The Labute approximate surface area is 113 Å². The van der Waals surface area contributed by atoms with Gasteiger partial charge in [0.2, 0.25) is 0 Å². The number of nitrogens with one attached hydrogen (secondary N) is 1. The molecule has 0 atom stereocenters. The Hall–Kier alpha value is -0.930. The van der Waals surface area contributed by atoms with Crippen molar-refractivity contribution in [2.24, 2.45) is 5.92 Å². The zero-order chi connectivity index (χ0) is 13.1. The van der Waals surface area contributed by atoms with Crippen molar-refractivity contribution in [2.45, 2.75) is 26.2 Å².